The SMILES string of the molecule is CCCCCCCC(=O)N[C@@H](CCCCN)C(=O)OCc1ccccc1. The van der Waals surface area contributed by atoms with E-state index in [0.717, 1.165) is 37.7 Å². The Labute approximate surface area is 157 Å². The van der Waals surface area contributed by atoms with Crippen LogP contribution >= 0.6 is 0 Å². The van der Waals surface area contributed by atoms with E-state index in [-0.39, 0.29) is 18.5 Å². The highest BCUT2D eigenvalue weighted by Crippen LogP contribution is 2.09. The van der Waals surface area contributed by atoms with Gasteiger partial charge in [0.2, 0.25) is 5.91 Å². The van der Waals surface area contributed by atoms with Crippen molar-refractivity contribution in [3.8, 4) is 0 Å². The quantitative estimate of drug-likeness (QED) is 0.390. The fraction of sp³-hybridized carbons (Fsp3) is 0.619. The van der Waals surface area contributed by atoms with Gasteiger partial charge in [-0.3, -0.25) is 4.79 Å². The monoisotopic (exact) mass is 362 g/mol. The van der Waals surface area contributed by atoms with Crippen molar-refractivity contribution in [1.82, 2.24) is 5.32 Å². The molecule has 0 saturated carbocycles. The number of unbranched alkanes of at least 4 members (excludes halogenated alkanes) is 5. The molecule has 0 aliphatic heterocycles. The van der Waals surface area contributed by atoms with E-state index in [4.69, 9.17) is 10.5 Å². The van der Waals surface area contributed by atoms with Crippen molar-refractivity contribution >= 4 is 11.9 Å². The molecule has 0 bridgehead atoms. The summed E-state index contributed by atoms with van der Waals surface area (Å²) >= 11 is 0. The van der Waals surface area contributed by atoms with Gasteiger partial charge in [-0.15, -0.1) is 0 Å². The molecule has 1 aromatic rings. The minimum absolute atomic E-state index is 0.0732. The average molecular weight is 363 g/mol. The van der Waals surface area contributed by atoms with E-state index in [2.05, 4.69) is 12.2 Å². The predicted octanol–water partition coefficient (Wildman–Crippen LogP) is 3.70. The number of benzene rings is 1. The molecule has 1 aromatic carbocycles. The Kier molecular flexibility index (Phi) is 12.2. The van der Waals surface area contributed by atoms with Crippen molar-refractivity contribution in [2.24, 2.45) is 5.73 Å². The highest BCUT2D eigenvalue weighted by molar-refractivity contribution is 5.84. The maximum atomic E-state index is 12.4. The summed E-state index contributed by atoms with van der Waals surface area (Å²) in [4.78, 5) is 24.5. The van der Waals surface area contributed by atoms with E-state index in [1.54, 1.807) is 0 Å². The van der Waals surface area contributed by atoms with Crippen molar-refractivity contribution in [2.45, 2.75) is 77.4 Å². The number of hydrogen-bond acceptors (Lipinski definition) is 4. The van der Waals surface area contributed by atoms with Gasteiger partial charge in [-0.2, -0.15) is 0 Å². The van der Waals surface area contributed by atoms with Crippen molar-refractivity contribution in [2.75, 3.05) is 6.54 Å². The van der Waals surface area contributed by atoms with Gasteiger partial charge in [0.05, 0.1) is 0 Å². The van der Waals surface area contributed by atoms with Crippen LogP contribution in [0.3, 0.4) is 0 Å². The summed E-state index contributed by atoms with van der Waals surface area (Å²) in [7, 11) is 0. The van der Waals surface area contributed by atoms with E-state index < -0.39 is 6.04 Å². The molecule has 0 aromatic heterocycles. The van der Waals surface area contributed by atoms with Gasteiger partial charge in [-0.1, -0.05) is 62.9 Å². The van der Waals surface area contributed by atoms with E-state index >= 15 is 0 Å². The van der Waals surface area contributed by atoms with E-state index in [1.165, 1.54) is 12.8 Å². The standard InChI is InChI=1S/C21H34N2O3/c1-2-3-4-5-9-15-20(24)23-19(14-10-11-16-22)21(25)26-17-18-12-7-6-8-13-18/h6-8,12-13,19H,2-5,9-11,14-17,22H2,1H3,(H,23,24)/t19-/m0/s1. The van der Waals surface area contributed by atoms with Crippen molar-refractivity contribution < 1.29 is 14.3 Å². The van der Waals surface area contributed by atoms with Crippen LogP contribution in [0.15, 0.2) is 30.3 Å². The zero-order valence-corrected chi connectivity index (χ0v) is 16.0. The third-order valence-electron chi connectivity index (χ3n) is 4.30. The Morgan fingerprint density at radius 2 is 1.77 bits per heavy atom. The van der Waals surface area contributed by atoms with Crippen LogP contribution in [-0.2, 0) is 20.9 Å². The molecule has 0 saturated heterocycles. The van der Waals surface area contributed by atoms with Crippen LogP contribution in [0.2, 0.25) is 0 Å². The number of amides is 1. The molecule has 146 valence electrons. The number of ether oxygens (including phenoxy) is 1. The van der Waals surface area contributed by atoms with Crippen molar-refractivity contribution in [3.05, 3.63) is 35.9 Å². The van der Waals surface area contributed by atoms with Gasteiger partial charge in [-0.25, -0.2) is 4.79 Å². The van der Waals surface area contributed by atoms with E-state index in [0.29, 0.717) is 19.4 Å². The van der Waals surface area contributed by atoms with Crippen molar-refractivity contribution in [1.29, 1.82) is 0 Å². The molecule has 0 radical (unpaired) electrons. The summed E-state index contributed by atoms with van der Waals surface area (Å²) in [5.74, 6) is -0.443. The first kappa shape index (κ1) is 22.2. The summed E-state index contributed by atoms with van der Waals surface area (Å²) in [5.41, 5.74) is 6.46. The fourth-order valence-corrected chi connectivity index (χ4v) is 2.73. The van der Waals surface area contributed by atoms with Crippen LogP contribution < -0.4 is 11.1 Å². The number of carbonyl (C=O) groups is 2. The molecule has 0 heterocycles. The van der Waals surface area contributed by atoms with Crippen LogP contribution in [0.1, 0.15) is 70.3 Å². The number of esters is 1. The molecule has 5 nitrogen and oxygen atoms in total. The maximum Gasteiger partial charge on any atom is 0.328 e. The highest BCUT2D eigenvalue weighted by Gasteiger charge is 2.21. The Balaban J connectivity index is 2.43. The smallest absolute Gasteiger partial charge is 0.328 e. The van der Waals surface area contributed by atoms with Gasteiger partial charge in [0.15, 0.2) is 0 Å². The molecule has 0 fully saturated rings. The van der Waals surface area contributed by atoms with Crippen LogP contribution in [0.5, 0.6) is 0 Å². The molecule has 0 aliphatic rings. The zero-order valence-electron chi connectivity index (χ0n) is 16.0. The van der Waals surface area contributed by atoms with Crippen LogP contribution in [-0.4, -0.2) is 24.5 Å². The Hall–Kier alpha value is -1.88. The van der Waals surface area contributed by atoms with Gasteiger partial charge < -0.3 is 15.8 Å². The van der Waals surface area contributed by atoms with Gasteiger partial charge in [0, 0.05) is 6.42 Å². The zero-order chi connectivity index (χ0) is 19.0. The van der Waals surface area contributed by atoms with Gasteiger partial charge >= 0.3 is 5.97 Å². The summed E-state index contributed by atoms with van der Waals surface area (Å²) in [6.07, 6.45) is 8.10. The molecule has 5 heteroatoms. The number of rotatable bonds is 14. The molecule has 0 aliphatic carbocycles. The van der Waals surface area contributed by atoms with E-state index in [1.807, 2.05) is 30.3 Å². The first-order chi connectivity index (χ1) is 12.7. The van der Waals surface area contributed by atoms with Crippen LogP contribution in [0.25, 0.3) is 0 Å². The Morgan fingerprint density at radius 1 is 1.04 bits per heavy atom. The number of carbonyl (C=O) groups excluding carboxylic acids is 2. The molecule has 1 amide bonds. The first-order valence-corrected chi connectivity index (χ1v) is 9.87. The second-order valence-electron chi connectivity index (χ2n) is 6.66. The van der Waals surface area contributed by atoms with Crippen LogP contribution in [0.4, 0.5) is 0 Å². The second-order valence-corrected chi connectivity index (χ2v) is 6.66. The molecule has 3 N–H and O–H groups in total. The van der Waals surface area contributed by atoms with Gasteiger partial charge in [0.1, 0.15) is 12.6 Å². The lowest BCUT2D eigenvalue weighted by molar-refractivity contribution is -0.149. The fourth-order valence-electron chi connectivity index (χ4n) is 2.73. The molecular formula is C21H34N2O3. The third-order valence-corrected chi connectivity index (χ3v) is 4.30. The van der Waals surface area contributed by atoms with Gasteiger partial charge in [0.25, 0.3) is 0 Å². The topological polar surface area (TPSA) is 81.4 Å². The summed E-state index contributed by atoms with van der Waals surface area (Å²) in [5, 5.41) is 2.85. The lowest BCUT2D eigenvalue weighted by atomic mass is 10.1. The lowest BCUT2D eigenvalue weighted by Crippen LogP contribution is -2.41. The Bertz CT molecular complexity index is 505. The lowest BCUT2D eigenvalue weighted by Gasteiger charge is -2.18. The number of nitrogens with one attached hydrogen (secondary N) is 1. The normalized spacial score (nSPS) is 11.8. The molecule has 26 heavy (non-hydrogen) atoms. The second kappa shape index (κ2) is 14.3. The third kappa shape index (κ3) is 10.2. The molecule has 1 rings (SSSR count). The summed E-state index contributed by atoms with van der Waals surface area (Å²) < 4.78 is 5.39. The Morgan fingerprint density at radius 3 is 2.46 bits per heavy atom. The first-order valence-electron chi connectivity index (χ1n) is 9.87. The summed E-state index contributed by atoms with van der Waals surface area (Å²) in [6.45, 7) is 2.97. The van der Waals surface area contributed by atoms with E-state index in [9.17, 15) is 9.59 Å². The largest absolute Gasteiger partial charge is 0.459 e. The number of hydrogen-bond donors (Lipinski definition) is 2. The minimum Gasteiger partial charge on any atom is -0.459 e. The van der Waals surface area contributed by atoms with Crippen molar-refractivity contribution in [3.63, 3.8) is 0 Å². The highest BCUT2D eigenvalue weighted by atomic mass is 16.5. The maximum absolute atomic E-state index is 12.4. The molecular weight excluding hydrogens is 328 g/mol. The van der Waals surface area contributed by atoms with Gasteiger partial charge in [-0.05, 0) is 37.8 Å². The molecule has 0 unspecified atom stereocenters. The number of nitrogens with two attached hydrogens (primary N) is 1. The molecule has 0 spiro atoms. The summed E-state index contributed by atoms with van der Waals surface area (Å²) in [6, 6.07) is 8.96. The minimum atomic E-state index is -0.589. The predicted molar refractivity (Wildman–Crippen MR) is 104 cm³/mol. The van der Waals surface area contributed by atoms with Crippen LogP contribution in [0, 0.1) is 0 Å². The molecule has 1 atom stereocenters. The average Bonchev–Trinajstić information content (AvgIpc) is 2.66.